The molecule has 6 nitrogen and oxygen atoms in total. The molecule has 3 heterocycles. The highest BCUT2D eigenvalue weighted by molar-refractivity contribution is 5.73. The van der Waals surface area contributed by atoms with Gasteiger partial charge in [0, 0.05) is 44.4 Å². The van der Waals surface area contributed by atoms with Gasteiger partial charge in [-0.3, -0.25) is 9.78 Å². The Hall–Kier alpha value is -2.54. The number of rotatable bonds is 4. The van der Waals surface area contributed by atoms with E-state index in [1.807, 2.05) is 4.90 Å². The minimum atomic E-state index is -0.293. The highest BCUT2D eigenvalue weighted by Gasteiger charge is 2.31. The van der Waals surface area contributed by atoms with Crippen LogP contribution in [0.4, 0.5) is 4.39 Å². The molecule has 154 valence electrons. The molecule has 0 spiro atoms. The predicted octanol–water partition coefficient (Wildman–Crippen LogP) is 3.60. The Kier molecular flexibility index (Phi) is 6.04. The van der Waals surface area contributed by atoms with Crippen LogP contribution in [0.15, 0.2) is 36.7 Å². The minimum Gasteiger partial charge on any atom is -0.437 e. The van der Waals surface area contributed by atoms with E-state index >= 15 is 0 Å². The van der Waals surface area contributed by atoms with E-state index in [0.29, 0.717) is 23.6 Å². The van der Waals surface area contributed by atoms with Gasteiger partial charge in [0.05, 0.1) is 0 Å². The number of carbonyl (C=O) groups excluding carboxylic acids is 1. The van der Waals surface area contributed by atoms with Crippen molar-refractivity contribution in [3.05, 3.63) is 48.2 Å². The number of benzene rings is 1. The molecule has 1 aromatic carbocycles. The number of hydrogen-bond acceptors (Lipinski definition) is 5. The van der Waals surface area contributed by atoms with Gasteiger partial charge in [0.1, 0.15) is 17.3 Å². The summed E-state index contributed by atoms with van der Waals surface area (Å²) in [4.78, 5) is 25.0. The van der Waals surface area contributed by atoms with Crippen molar-refractivity contribution in [2.45, 2.75) is 44.6 Å². The van der Waals surface area contributed by atoms with Gasteiger partial charge >= 0.3 is 0 Å². The Bertz CT molecular complexity index is 829. The van der Waals surface area contributed by atoms with Crippen molar-refractivity contribution >= 4 is 5.91 Å². The van der Waals surface area contributed by atoms with Crippen LogP contribution in [0.3, 0.4) is 0 Å². The molecule has 7 heteroatoms. The van der Waals surface area contributed by atoms with Gasteiger partial charge in [0.25, 0.3) is 0 Å². The van der Waals surface area contributed by atoms with Crippen molar-refractivity contribution in [2.24, 2.45) is 0 Å². The van der Waals surface area contributed by atoms with Crippen molar-refractivity contribution < 1.29 is 13.9 Å². The van der Waals surface area contributed by atoms with Crippen LogP contribution in [0.2, 0.25) is 0 Å². The minimum absolute atomic E-state index is 0.179. The molecule has 2 aliphatic heterocycles. The summed E-state index contributed by atoms with van der Waals surface area (Å²) in [6, 6.07) is 6.51. The number of piperidine rings is 2. The fourth-order valence-electron chi connectivity index (χ4n) is 4.39. The lowest BCUT2D eigenvalue weighted by molar-refractivity contribution is -0.130. The van der Waals surface area contributed by atoms with Gasteiger partial charge < -0.3 is 14.5 Å². The summed E-state index contributed by atoms with van der Waals surface area (Å²) in [5.41, 5.74) is 0.878. The number of hydrogen-bond donors (Lipinski definition) is 0. The number of ether oxygens (including phenoxy) is 1. The average Bonchev–Trinajstić information content (AvgIpc) is 2.76. The monoisotopic (exact) mass is 398 g/mol. The molecule has 4 rings (SSSR count). The lowest BCUT2D eigenvalue weighted by Crippen LogP contribution is -2.48. The summed E-state index contributed by atoms with van der Waals surface area (Å²) in [7, 11) is 0. The van der Waals surface area contributed by atoms with Gasteiger partial charge in [-0.25, -0.2) is 9.37 Å². The summed E-state index contributed by atoms with van der Waals surface area (Å²) >= 11 is 0. The van der Waals surface area contributed by atoms with Crippen LogP contribution in [0.25, 0.3) is 0 Å². The third kappa shape index (κ3) is 4.72. The van der Waals surface area contributed by atoms with E-state index in [1.54, 1.807) is 31.5 Å². The third-order valence-electron chi connectivity index (χ3n) is 6.06. The highest BCUT2D eigenvalue weighted by Crippen LogP contribution is 2.34. The molecule has 0 unspecified atom stereocenters. The molecule has 0 radical (unpaired) electrons. The number of nitrogens with zero attached hydrogens (tertiary/aromatic N) is 4. The van der Waals surface area contributed by atoms with E-state index in [0.717, 1.165) is 57.6 Å². The second kappa shape index (κ2) is 8.86. The van der Waals surface area contributed by atoms with Crippen LogP contribution in [0, 0.1) is 5.82 Å². The Morgan fingerprint density at radius 1 is 1.00 bits per heavy atom. The van der Waals surface area contributed by atoms with E-state index in [-0.39, 0.29) is 11.7 Å². The maximum absolute atomic E-state index is 13.1. The third-order valence-corrected chi connectivity index (χ3v) is 6.06. The Labute approximate surface area is 170 Å². The van der Waals surface area contributed by atoms with E-state index in [9.17, 15) is 9.18 Å². The van der Waals surface area contributed by atoms with Crippen molar-refractivity contribution in [3.63, 3.8) is 0 Å². The number of carbonyl (C=O) groups is 1. The van der Waals surface area contributed by atoms with Gasteiger partial charge in [-0.1, -0.05) is 0 Å². The predicted molar refractivity (Wildman–Crippen MR) is 107 cm³/mol. The highest BCUT2D eigenvalue weighted by atomic mass is 19.1. The average molecular weight is 398 g/mol. The fourth-order valence-corrected chi connectivity index (χ4v) is 4.39. The summed E-state index contributed by atoms with van der Waals surface area (Å²) < 4.78 is 19.0. The zero-order valence-corrected chi connectivity index (χ0v) is 16.8. The first-order valence-electron chi connectivity index (χ1n) is 10.3. The summed E-state index contributed by atoms with van der Waals surface area (Å²) in [6.07, 6.45) is 7.44. The number of amides is 1. The molecular formula is C22H27FN4O2. The van der Waals surface area contributed by atoms with Crippen LogP contribution in [-0.2, 0) is 4.79 Å². The largest absolute Gasteiger partial charge is 0.437 e. The number of halogens is 1. The van der Waals surface area contributed by atoms with Crippen LogP contribution < -0.4 is 4.74 Å². The Morgan fingerprint density at radius 2 is 1.66 bits per heavy atom. The van der Waals surface area contributed by atoms with E-state index in [2.05, 4.69) is 14.9 Å². The first-order valence-corrected chi connectivity index (χ1v) is 10.3. The van der Waals surface area contributed by atoms with Crippen molar-refractivity contribution in [2.75, 3.05) is 26.2 Å². The standard InChI is InChI=1S/C22H27FN4O2/c1-16(28)26-14-8-19(9-15-26)27-12-6-17(7-13-27)21-22(25-11-10-24-21)29-20-4-2-18(23)3-5-20/h2-5,10-11,17,19H,6-9,12-15H2,1H3. The molecule has 1 aromatic heterocycles. The van der Waals surface area contributed by atoms with Crippen LogP contribution in [0.5, 0.6) is 11.6 Å². The van der Waals surface area contributed by atoms with Crippen LogP contribution in [0.1, 0.15) is 44.2 Å². The van der Waals surface area contributed by atoms with Crippen LogP contribution >= 0.6 is 0 Å². The molecule has 29 heavy (non-hydrogen) atoms. The lowest BCUT2D eigenvalue weighted by atomic mass is 9.91. The molecule has 1 amide bonds. The number of aromatic nitrogens is 2. The lowest BCUT2D eigenvalue weighted by Gasteiger charge is -2.41. The zero-order valence-electron chi connectivity index (χ0n) is 16.8. The second-order valence-corrected chi connectivity index (χ2v) is 7.85. The summed E-state index contributed by atoms with van der Waals surface area (Å²) in [5, 5.41) is 0. The Balaban J connectivity index is 1.36. The normalized spacial score (nSPS) is 19.3. The first-order chi connectivity index (χ1) is 14.1. The van der Waals surface area contributed by atoms with E-state index in [1.165, 1.54) is 12.1 Å². The first kappa shape index (κ1) is 19.8. The molecule has 0 saturated carbocycles. The molecule has 2 saturated heterocycles. The molecule has 0 N–H and O–H groups in total. The summed E-state index contributed by atoms with van der Waals surface area (Å²) in [6.45, 7) is 5.40. The fraction of sp³-hybridized carbons (Fsp3) is 0.500. The molecule has 2 aliphatic rings. The topological polar surface area (TPSA) is 58.6 Å². The Morgan fingerprint density at radius 3 is 2.31 bits per heavy atom. The second-order valence-electron chi connectivity index (χ2n) is 7.85. The van der Waals surface area contributed by atoms with Gasteiger partial charge in [0.2, 0.25) is 11.8 Å². The van der Waals surface area contributed by atoms with Crippen molar-refractivity contribution in [1.29, 1.82) is 0 Å². The molecule has 0 bridgehead atoms. The molecule has 2 aromatic rings. The van der Waals surface area contributed by atoms with Gasteiger partial charge in [-0.2, -0.15) is 0 Å². The quantitative estimate of drug-likeness (QED) is 0.788. The summed E-state index contributed by atoms with van der Waals surface area (Å²) in [5.74, 6) is 1.25. The SMILES string of the molecule is CC(=O)N1CCC(N2CCC(c3nccnc3Oc3ccc(F)cc3)CC2)CC1. The molecule has 2 fully saturated rings. The van der Waals surface area contributed by atoms with Gasteiger partial charge in [-0.05, 0) is 63.0 Å². The molecular weight excluding hydrogens is 371 g/mol. The van der Waals surface area contributed by atoms with Crippen LogP contribution in [-0.4, -0.2) is 57.9 Å². The van der Waals surface area contributed by atoms with Crippen molar-refractivity contribution in [1.82, 2.24) is 19.8 Å². The maximum atomic E-state index is 13.1. The zero-order chi connectivity index (χ0) is 20.2. The smallest absolute Gasteiger partial charge is 0.241 e. The number of likely N-dealkylation sites (tertiary alicyclic amines) is 2. The van der Waals surface area contributed by atoms with E-state index in [4.69, 9.17) is 4.74 Å². The molecule has 0 aliphatic carbocycles. The van der Waals surface area contributed by atoms with Crippen molar-refractivity contribution in [3.8, 4) is 11.6 Å². The molecule has 0 atom stereocenters. The van der Waals surface area contributed by atoms with Gasteiger partial charge in [-0.15, -0.1) is 0 Å². The maximum Gasteiger partial charge on any atom is 0.241 e. The van der Waals surface area contributed by atoms with E-state index < -0.39 is 0 Å². The van der Waals surface area contributed by atoms with Gasteiger partial charge in [0.15, 0.2) is 0 Å².